The normalized spacial score (nSPS) is 25.6. The zero-order chi connectivity index (χ0) is 14.7. The summed E-state index contributed by atoms with van der Waals surface area (Å²) in [5, 5.41) is 4.64. The Morgan fingerprint density at radius 2 is 2.05 bits per heavy atom. The van der Waals surface area contributed by atoms with Crippen LogP contribution in [0, 0.1) is 0 Å². The van der Waals surface area contributed by atoms with Gasteiger partial charge in [-0.2, -0.15) is 11.8 Å². The minimum atomic E-state index is 0.490. The summed E-state index contributed by atoms with van der Waals surface area (Å²) in [4.78, 5) is 10.0. The molecule has 21 heavy (non-hydrogen) atoms. The van der Waals surface area contributed by atoms with Crippen LogP contribution in [0.5, 0.6) is 0 Å². The van der Waals surface area contributed by atoms with Crippen LogP contribution in [0.4, 0.5) is 0 Å². The molecule has 2 unspecified atom stereocenters. The van der Waals surface area contributed by atoms with E-state index in [0.717, 1.165) is 38.2 Å². The second-order valence-corrected chi connectivity index (χ2v) is 8.34. The van der Waals surface area contributed by atoms with Gasteiger partial charge < -0.3 is 5.32 Å². The standard InChI is InChI=1S/C16H25N3S2/c1-3-5-12-11-10-17-7-6-13(11)19-16(18-12)15-14(4-2)20-8-9-21-15/h14-15,17H,3-10H2,1-2H3. The number of hydrogen-bond acceptors (Lipinski definition) is 5. The van der Waals surface area contributed by atoms with Crippen molar-refractivity contribution in [3.8, 4) is 0 Å². The molecule has 2 atom stereocenters. The molecule has 1 N–H and O–H groups in total. The quantitative estimate of drug-likeness (QED) is 0.919. The first-order valence-corrected chi connectivity index (χ1v) is 10.3. The third kappa shape index (κ3) is 3.40. The topological polar surface area (TPSA) is 37.8 Å². The predicted octanol–water partition coefficient (Wildman–Crippen LogP) is 3.37. The fourth-order valence-electron chi connectivity index (χ4n) is 3.15. The molecule has 3 rings (SSSR count). The fourth-order valence-corrected chi connectivity index (χ4v) is 6.14. The van der Waals surface area contributed by atoms with Crippen LogP contribution in [0.15, 0.2) is 0 Å². The van der Waals surface area contributed by atoms with E-state index < -0.39 is 0 Å². The van der Waals surface area contributed by atoms with Gasteiger partial charge in [0.1, 0.15) is 5.82 Å². The number of fused-ring (bicyclic) bond motifs is 1. The van der Waals surface area contributed by atoms with Gasteiger partial charge in [0.15, 0.2) is 0 Å². The Bertz CT molecular complexity index is 493. The molecule has 3 nitrogen and oxygen atoms in total. The van der Waals surface area contributed by atoms with Gasteiger partial charge in [0.25, 0.3) is 0 Å². The van der Waals surface area contributed by atoms with E-state index in [4.69, 9.17) is 9.97 Å². The highest BCUT2D eigenvalue weighted by atomic mass is 32.2. The van der Waals surface area contributed by atoms with Crippen molar-refractivity contribution in [1.29, 1.82) is 0 Å². The van der Waals surface area contributed by atoms with Crippen molar-refractivity contribution in [2.45, 2.75) is 56.6 Å². The van der Waals surface area contributed by atoms with E-state index in [1.165, 1.54) is 34.9 Å². The lowest BCUT2D eigenvalue weighted by atomic mass is 10.0. The van der Waals surface area contributed by atoms with Crippen LogP contribution in [0.1, 0.15) is 54.7 Å². The molecule has 1 saturated heterocycles. The molecule has 0 aromatic carbocycles. The molecule has 1 fully saturated rings. The lowest BCUT2D eigenvalue weighted by Gasteiger charge is -2.30. The maximum atomic E-state index is 5.01. The van der Waals surface area contributed by atoms with Gasteiger partial charge in [0, 0.05) is 47.5 Å². The highest BCUT2D eigenvalue weighted by Gasteiger charge is 2.30. The minimum Gasteiger partial charge on any atom is -0.312 e. The Morgan fingerprint density at radius 3 is 2.86 bits per heavy atom. The molecule has 0 amide bonds. The Morgan fingerprint density at radius 1 is 1.19 bits per heavy atom. The summed E-state index contributed by atoms with van der Waals surface area (Å²) in [6, 6.07) is 0. The second kappa shape index (κ2) is 7.34. The molecule has 0 spiro atoms. The molecule has 2 aliphatic rings. The maximum absolute atomic E-state index is 5.01. The van der Waals surface area contributed by atoms with E-state index in [9.17, 15) is 0 Å². The van der Waals surface area contributed by atoms with Crippen molar-refractivity contribution in [3.05, 3.63) is 22.8 Å². The summed E-state index contributed by atoms with van der Waals surface area (Å²) in [5.74, 6) is 3.62. The zero-order valence-corrected chi connectivity index (χ0v) is 14.7. The van der Waals surface area contributed by atoms with Crippen molar-refractivity contribution >= 4 is 23.5 Å². The SMILES string of the molecule is CCCc1nc(C2SCCSC2CC)nc2c1CNCC2. The summed E-state index contributed by atoms with van der Waals surface area (Å²) in [5.41, 5.74) is 4.00. The molecule has 5 heteroatoms. The van der Waals surface area contributed by atoms with Crippen LogP contribution < -0.4 is 5.32 Å². The van der Waals surface area contributed by atoms with Gasteiger partial charge in [-0.25, -0.2) is 9.97 Å². The van der Waals surface area contributed by atoms with Crippen molar-refractivity contribution < 1.29 is 0 Å². The third-order valence-electron chi connectivity index (χ3n) is 4.23. The highest BCUT2D eigenvalue weighted by molar-refractivity contribution is 8.06. The van der Waals surface area contributed by atoms with Gasteiger partial charge in [-0.3, -0.25) is 0 Å². The van der Waals surface area contributed by atoms with E-state index in [1.54, 1.807) is 0 Å². The number of thioether (sulfide) groups is 2. The van der Waals surface area contributed by atoms with Crippen LogP contribution in [0.3, 0.4) is 0 Å². The average Bonchev–Trinajstić information content (AvgIpc) is 2.55. The summed E-state index contributed by atoms with van der Waals surface area (Å²) in [6.45, 7) is 6.55. The monoisotopic (exact) mass is 323 g/mol. The smallest absolute Gasteiger partial charge is 0.142 e. The van der Waals surface area contributed by atoms with Gasteiger partial charge in [-0.15, -0.1) is 11.8 Å². The Kier molecular flexibility index (Phi) is 5.46. The lowest BCUT2D eigenvalue weighted by Crippen LogP contribution is -2.29. The van der Waals surface area contributed by atoms with Gasteiger partial charge >= 0.3 is 0 Å². The fraction of sp³-hybridized carbons (Fsp3) is 0.750. The van der Waals surface area contributed by atoms with Crippen molar-refractivity contribution in [3.63, 3.8) is 0 Å². The number of hydrogen-bond donors (Lipinski definition) is 1. The summed E-state index contributed by atoms with van der Waals surface area (Å²) >= 11 is 4.17. The van der Waals surface area contributed by atoms with E-state index >= 15 is 0 Å². The Hall–Kier alpha value is -0.260. The van der Waals surface area contributed by atoms with Crippen molar-refractivity contribution in [2.75, 3.05) is 18.1 Å². The van der Waals surface area contributed by atoms with Crippen LogP contribution >= 0.6 is 23.5 Å². The van der Waals surface area contributed by atoms with E-state index in [0.29, 0.717) is 10.5 Å². The minimum absolute atomic E-state index is 0.490. The molecule has 1 aromatic heterocycles. The molecule has 3 heterocycles. The molecule has 0 radical (unpaired) electrons. The van der Waals surface area contributed by atoms with Crippen LogP contribution in [0.25, 0.3) is 0 Å². The molecule has 0 saturated carbocycles. The molecular formula is C16H25N3S2. The number of aromatic nitrogens is 2. The maximum Gasteiger partial charge on any atom is 0.142 e. The van der Waals surface area contributed by atoms with Crippen LogP contribution in [0.2, 0.25) is 0 Å². The number of rotatable bonds is 4. The average molecular weight is 324 g/mol. The summed E-state index contributed by atoms with van der Waals surface area (Å²) in [6.07, 6.45) is 4.52. The van der Waals surface area contributed by atoms with Gasteiger partial charge in [-0.05, 0) is 12.8 Å². The Balaban J connectivity index is 1.95. The van der Waals surface area contributed by atoms with E-state index in [1.807, 2.05) is 0 Å². The van der Waals surface area contributed by atoms with E-state index in [2.05, 4.69) is 42.7 Å². The highest BCUT2D eigenvalue weighted by Crippen LogP contribution is 2.43. The second-order valence-electron chi connectivity index (χ2n) is 5.74. The predicted molar refractivity (Wildman–Crippen MR) is 93.2 cm³/mol. The zero-order valence-electron chi connectivity index (χ0n) is 13.0. The first-order valence-electron chi connectivity index (χ1n) is 8.16. The van der Waals surface area contributed by atoms with Gasteiger partial charge in [0.2, 0.25) is 0 Å². The number of aryl methyl sites for hydroxylation is 1. The van der Waals surface area contributed by atoms with Gasteiger partial charge in [0.05, 0.1) is 10.9 Å². The molecular weight excluding hydrogens is 298 g/mol. The Labute approximate surface area is 136 Å². The number of nitrogens with zero attached hydrogens (tertiary/aromatic N) is 2. The first-order chi connectivity index (χ1) is 10.3. The molecule has 0 bridgehead atoms. The largest absolute Gasteiger partial charge is 0.312 e. The van der Waals surface area contributed by atoms with Crippen molar-refractivity contribution in [1.82, 2.24) is 15.3 Å². The van der Waals surface area contributed by atoms with Crippen molar-refractivity contribution in [2.24, 2.45) is 0 Å². The van der Waals surface area contributed by atoms with Crippen LogP contribution in [-0.2, 0) is 19.4 Å². The summed E-state index contributed by atoms with van der Waals surface area (Å²) < 4.78 is 0. The molecule has 1 aromatic rings. The van der Waals surface area contributed by atoms with Gasteiger partial charge in [-0.1, -0.05) is 20.3 Å². The molecule has 0 aliphatic carbocycles. The summed E-state index contributed by atoms with van der Waals surface area (Å²) in [7, 11) is 0. The third-order valence-corrected chi connectivity index (χ3v) is 7.47. The number of nitrogens with one attached hydrogen (secondary N) is 1. The van der Waals surface area contributed by atoms with E-state index in [-0.39, 0.29) is 0 Å². The van der Waals surface area contributed by atoms with Crippen LogP contribution in [-0.4, -0.2) is 33.3 Å². The lowest BCUT2D eigenvalue weighted by molar-refractivity contribution is 0.602. The molecule has 116 valence electrons. The molecule has 2 aliphatic heterocycles. The first kappa shape index (κ1) is 15.6.